The summed E-state index contributed by atoms with van der Waals surface area (Å²) in [5.74, 6) is -1.92. The highest BCUT2D eigenvalue weighted by atomic mass is 35.5. The molecule has 0 aromatic heterocycles. The normalized spacial score (nSPS) is 24.2. The monoisotopic (exact) mass is 239 g/mol. The van der Waals surface area contributed by atoms with Crippen molar-refractivity contribution >= 4 is 23.5 Å². The van der Waals surface area contributed by atoms with Crippen LogP contribution in [-0.2, 0) is 9.59 Å². The highest BCUT2D eigenvalue weighted by Crippen LogP contribution is 2.31. The van der Waals surface area contributed by atoms with E-state index in [0.717, 1.165) is 5.56 Å². The molecule has 0 bridgehead atoms. The van der Waals surface area contributed by atoms with Crippen LogP contribution in [0.15, 0.2) is 24.3 Å². The van der Waals surface area contributed by atoms with Crippen molar-refractivity contribution in [2.75, 3.05) is 0 Å². The van der Waals surface area contributed by atoms with Gasteiger partial charge in [-0.2, -0.15) is 0 Å². The van der Waals surface area contributed by atoms with Crippen molar-refractivity contribution in [1.29, 1.82) is 0 Å². The number of rotatable bonds is 2. The van der Waals surface area contributed by atoms with Crippen LogP contribution in [-0.4, -0.2) is 17.0 Å². The summed E-state index contributed by atoms with van der Waals surface area (Å²) in [6.45, 7) is 0. The molecule has 4 nitrogen and oxygen atoms in total. The van der Waals surface area contributed by atoms with Crippen molar-refractivity contribution in [2.45, 2.75) is 12.5 Å². The van der Waals surface area contributed by atoms with Gasteiger partial charge in [0.2, 0.25) is 5.91 Å². The number of hydrogen-bond acceptors (Lipinski definition) is 2. The van der Waals surface area contributed by atoms with Gasteiger partial charge in [0.05, 0.1) is 12.0 Å². The number of nitrogens with one attached hydrogen (secondary N) is 1. The van der Waals surface area contributed by atoms with E-state index in [2.05, 4.69) is 5.32 Å². The fraction of sp³-hybridized carbons (Fsp3) is 0.273. The average Bonchev–Trinajstić information content (AvgIpc) is 2.60. The van der Waals surface area contributed by atoms with Crippen LogP contribution in [0.25, 0.3) is 0 Å². The Balaban J connectivity index is 2.32. The minimum atomic E-state index is -0.969. The lowest BCUT2D eigenvalue weighted by Gasteiger charge is -2.15. The zero-order chi connectivity index (χ0) is 11.7. The second-order valence-corrected chi connectivity index (χ2v) is 4.19. The molecule has 0 saturated carbocycles. The first-order valence-electron chi connectivity index (χ1n) is 4.85. The van der Waals surface area contributed by atoms with Crippen LogP contribution in [0.5, 0.6) is 0 Å². The average molecular weight is 240 g/mol. The number of carbonyl (C=O) groups is 2. The molecule has 0 radical (unpaired) electrons. The van der Waals surface area contributed by atoms with E-state index in [9.17, 15) is 9.59 Å². The number of hydrogen-bond donors (Lipinski definition) is 2. The van der Waals surface area contributed by atoms with Crippen LogP contribution in [0.1, 0.15) is 18.0 Å². The molecule has 1 fully saturated rings. The Labute approximate surface area is 97.2 Å². The van der Waals surface area contributed by atoms with Gasteiger partial charge in [0, 0.05) is 11.4 Å². The number of amides is 1. The molecule has 5 heteroatoms. The van der Waals surface area contributed by atoms with Crippen molar-refractivity contribution in [3.8, 4) is 0 Å². The summed E-state index contributed by atoms with van der Waals surface area (Å²) in [6, 6.07) is 6.40. The molecule has 1 saturated heterocycles. The van der Waals surface area contributed by atoms with Gasteiger partial charge in [0.1, 0.15) is 0 Å². The molecule has 84 valence electrons. The van der Waals surface area contributed by atoms with Gasteiger partial charge in [-0.3, -0.25) is 9.59 Å². The van der Waals surface area contributed by atoms with Crippen LogP contribution >= 0.6 is 11.6 Å². The summed E-state index contributed by atoms with van der Waals surface area (Å²) in [5.41, 5.74) is 0.728. The highest BCUT2D eigenvalue weighted by molar-refractivity contribution is 6.30. The van der Waals surface area contributed by atoms with Gasteiger partial charge in [-0.05, 0) is 17.7 Å². The van der Waals surface area contributed by atoms with E-state index < -0.39 is 17.9 Å². The molecule has 2 rings (SSSR count). The smallest absolute Gasteiger partial charge is 0.309 e. The van der Waals surface area contributed by atoms with E-state index in [1.165, 1.54) is 0 Å². The molecule has 2 N–H and O–H groups in total. The number of aliphatic carboxylic acids is 1. The molecule has 1 unspecified atom stereocenters. The Morgan fingerprint density at radius 2 is 2.25 bits per heavy atom. The van der Waals surface area contributed by atoms with E-state index in [1.807, 2.05) is 0 Å². The molecular formula is C11H10ClNO3. The maximum absolute atomic E-state index is 11.2. The fourth-order valence-corrected chi connectivity index (χ4v) is 2.09. The third kappa shape index (κ3) is 2.02. The molecule has 1 amide bonds. The predicted molar refractivity (Wildman–Crippen MR) is 58.1 cm³/mol. The summed E-state index contributed by atoms with van der Waals surface area (Å²) in [7, 11) is 0. The van der Waals surface area contributed by atoms with Gasteiger partial charge in [-0.1, -0.05) is 23.7 Å². The highest BCUT2D eigenvalue weighted by Gasteiger charge is 2.38. The number of carbonyl (C=O) groups excluding carboxylic acids is 1. The van der Waals surface area contributed by atoms with Gasteiger partial charge in [-0.15, -0.1) is 0 Å². The Hall–Kier alpha value is -1.55. The maximum atomic E-state index is 11.2. The van der Waals surface area contributed by atoms with Crippen molar-refractivity contribution in [3.05, 3.63) is 34.9 Å². The van der Waals surface area contributed by atoms with Gasteiger partial charge < -0.3 is 10.4 Å². The zero-order valence-electron chi connectivity index (χ0n) is 8.31. The lowest BCUT2D eigenvalue weighted by atomic mass is 9.94. The minimum Gasteiger partial charge on any atom is -0.481 e. The first-order chi connectivity index (χ1) is 7.58. The van der Waals surface area contributed by atoms with E-state index in [0.29, 0.717) is 5.02 Å². The van der Waals surface area contributed by atoms with Crippen LogP contribution in [0.4, 0.5) is 0 Å². The first kappa shape index (κ1) is 11.0. The SMILES string of the molecule is O=C1CC(C(=O)O)[C@@H](c2cccc(Cl)c2)N1. The second kappa shape index (κ2) is 4.14. The Bertz CT molecular complexity index is 447. The van der Waals surface area contributed by atoms with Gasteiger partial charge in [0.25, 0.3) is 0 Å². The molecule has 2 atom stereocenters. The fourth-order valence-electron chi connectivity index (χ4n) is 1.90. The molecule has 1 aromatic carbocycles. The zero-order valence-corrected chi connectivity index (χ0v) is 9.07. The summed E-state index contributed by atoms with van der Waals surface area (Å²) >= 11 is 5.83. The maximum Gasteiger partial charge on any atom is 0.309 e. The third-order valence-electron chi connectivity index (χ3n) is 2.65. The van der Waals surface area contributed by atoms with Crippen LogP contribution < -0.4 is 5.32 Å². The van der Waals surface area contributed by atoms with Gasteiger partial charge in [-0.25, -0.2) is 0 Å². The van der Waals surface area contributed by atoms with Crippen molar-refractivity contribution in [2.24, 2.45) is 5.92 Å². The van der Waals surface area contributed by atoms with Crippen LogP contribution in [0, 0.1) is 5.92 Å². The topological polar surface area (TPSA) is 66.4 Å². The molecular weight excluding hydrogens is 230 g/mol. The lowest BCUT2D eigenvalue weighted by molar-refractivity contribution is -0.142. The second-order valence-electron chi connectivity index (χ2n) is 3.75. The van der Waals surface area contributed by atoms with Crippen molar-refractivity contribution < 1.29 is 14.7 Å². The van der Waals surface area contributed by atoms with Gasteiger partial charge in [0.15, 0.2) is 0 Å². The Kier molecular flexibility index (Phi) is 2.83. The third-order valence-corrected chi connectivity index (χ3v) is 2.88. The standard InChI is InChI=1S/C11H10ClNO3/c12-7-3-1-2-6(4-7)10-8(11(15)16)5-9(14)13-10/h1-4,8,10H,5H2,(H,13,14)(H,15,16)/t8?,10-/m1/s1. The Morgan fingerprint density at radius 1 is 1.50 bits per heavy atom. The van der Waals surface area contributed by atoms with E-state index in [4.69, 9.17) is 16.7 Å². The predicted octanol–water partition coefficient (Wildman–Crippen LogP) is 1.60. The van der Waals surface area contributed by atoms with Crippen LogP contribution in [0.3, 0.4) is 0 Å². The molecule has 16 heavy (non-hydrogen) atoms. The number of carboxylic acids is 1. The van der Waals surface area contributed by atoms with E-state index in [1.54, 1.807) is 24.3 Å². The number of halogens is 1. The lowest BCUT2D eigenvalue weighted by Crippen LogP contribution is -2.24. The number of benzene rings is 1. The van der Waals surface area contributed by atoms with E-state index >= 15 is 0 Å². The molecule has 1 heterocycles. The molecule has 0 aliphatic carbocycles. The summed E-state index contributed by atoms with van der Waals surface area (Å²) < 4.78 is 0. The van der Waals surface area contributed by atoms with E-state index in [-0.39, 0.29) is 12.3 Å². The summed E-state index contributed by atoms with van der Waals surface area (Å²) in [5, 5.41) is 12.2. The minimum absolute atomic E-state index is 0.0204. The molecule has 1 aliphatic rings. The van der Waals surface area contributed by atoms with Crippen LogP contribution in [0.2, 0.25) is 5.02 Å². The van der Waals surface area contributed by atoms with Crippen molar-refractivity contribution in [1.82, 2.24) is 5.32 Å². The quantitative estimate of drug-likeness (QED) is 0.824. The van der Waals surface area contributed by atoms with Gasteiger partial charge >= 0.3 is 5.97 Å². The Morgan fingerprint density at radius 3 is 2.88 bits per heavy atom. The molecule has 1 aliphatic heterocycles. The van der Waals surface area contributed by atoms with Crippen molar-refractivity contribution in [3.63, 3.8) is 0 Å². The number of carboxylic acid groups (broad SMARTS) is 1. The largest absolute Gasteiger partial charge is 0.481 e. The molecule has 0 spiro atoms. The summed E-state index contributed by atoms with van der Waals surface area (Å²) in [6.07, 6.45) is 0.0204. The molecule has 1 aromatic rings. The first-order valence-corrected chi connectivity index (χ1v) is 5.23. The summed E-state index contributed by atoms with van der Waals surface area (Å²) in [4.78, 5) is 22.2.